The quantitative estimate of drug-likeness (QED) is 0.823. The number of aromatic nitrogens is 2. The summed E-state index contributed by atoms with van der Waals surface area (Å²) in [6.45, 7) is 0. The fourth-order valence-corrected chi connectivity index (χ4v) is 2.77. The number of nitrogens with zero attached hydrogens (tertiary/aromatic N) is 2. The second-order valence-corrected chi connectivity index (χ2v) is 4.92. The van der Waals surface area contributed by atoms with Gasteiger partial charge in [-0.15, -0.1) is 0 Å². The van der Waals surface area contributed by atoms with Crippen LogP contribution in [0.1, 0.15) is 50.3 Å². The monoisotopic (exact) mass is 238 g/mol. The van der Waals surface area contributed by atoms with Gasteiger partial charge >= 0.3 is 0 Å². The van der Waals surface area contributed by atoms with Crippen LogP contribution < -0.4 is 4.74 Å². The van der Waals surface area contributed by atoms with Crippen molar-refractivity contribution in [1.29, 1.82) is 0 Å². The highest BCUT2D eigenvalue weighted by Gasteiger charge is 2.27. The predicted octanol–water partition coefficient (Wildman–Crippen LogP) is 2.43. The van der Waals surface area contributed by atoms with E-state index in [9.17, 15) is 5.11 Å². The summed E-state index contributed by atoms with van der Waals surface area (Å²) in [6.07, 6.45) is 8.48. The van der Waals surface area contributed by atoms with Crippen molar-refractivity contribution in [2.45, 2.75) is 44.6 Å². The topological polar surface area (TPSA) is 47.3 Å². The second-order valence-electron chi connectivity index (χ2n) is 4.92. The van der Waals surface area contributed by atoms with Gasteiger partial charge in [-0.3, -0.25) is 4.68 Å². The van der Waals surface area contributed by atoms with Crippen LogP contribution in [0.5, 0.6) is 5.75 Å². The fraction of sp³-hybridized carbons (Fsp3) is 0.769. The first-order valence-corrected chi connectivity index (χ1v) is 6.48. The largest absolute Gasteiger partial charge is 0.493 e. The van der Waals surface area contributed by atoms with Crippen molar-refractivity contribution in [2.24, 2.45) is 13.0 Å². The molecule has 17 heavy (non-hydrogen) atoms. The third-order valence-electron chi connectivity index (χ3n) is 3.80. The van der Waals surface area contributed by atoms with E-state index in [-0.39, 0.29) is 0 Å². The number of aliphatic hydroxyl groups is 1. The molecule has 0 aliphatic heterocycles. The minimum Gasteiger partial charge on any atom is -0.493 e. The maximum absolute atomic E-state index is 10.5. The lowest BCUT2D eigenvalue weighted by molar-refractivity contribution is 0.0883. The van der Waals surface area contributed by atoms with Crippen LogP contribution in [0.4, 0.5) is 0 Å². The molecule has 2 rings (SSSR count). The summed E-state index contributed by atoms with van der Waals surface area (Å²) in [5, 5.41) is 14.7. The molecule has 1 atom stereocenters. The molecule has 0 bridgehead atoms. The van der Waals surface area contributed by atoms with Crippen molar-refractivity contribution in [3.63, 3.8) is 0 Å². The first kappa shape index (κ1) is 12.4. The molecule has 0 aromatic carbocycles. The molecule has 1 aromatic rings. The van der Waals surface area contributed by atoms with E-state index >= 15 is 0 Å². The van der Waals surface area contributed by atoms with Crippen LogP contribution >= 0.6 is 0 Å². The van der Waals surface area contributed by atoms with Crippen molar-refractivity contribution in [3.8, 4) is 5.75 Å². The number of ether oxygens (including phenoxy) is 1. The van der Waals surface area contributed by atoms with Crippen LogP contribution in [0.2, 0.25) is 0 Å². The maximum atomic E-state index is 10.5. The Morgan fingerprint density at radius 2 is 2.00 bits per heavy atom. The molecule has 96 valence electrons. The van der Waals surface area contributed by atoms with E-state index in [4.69, 9.17) is 4.74 Å². The number of hydrogen-bond donors (Lipinski definition) is 1. The highest BCUT2D eigenvalue weighted by Crippen LogP contribution is 2.36. The molecule has 1 heterocycles. The van der Waals surface area contributed by atoms with Gasteiger partial charge in [0.25, 0.3) is 0 Å². The van der Waals surface area contributed by atoms with Crippen molar-refractivity contribution < 1.29 is 9.84 Å². The molecule has 1 aliphatic carbocycles. The van der Waals surface area contributed by atoms with Crippen LogP contribution in [-0.4, -0.2) is 22.0 Å². The zero-order valence-electron chi connectivity index (χ0n) is 10.7. The Bertz CT molecular complexity index is 354. The summed E-state index contributed by atoms with van der Waals surface area (Å²) in [5.41, 5.74) is 0.819. The van der Waals surface area contributed by atoms with Gasteiger partial charge in [0.1, 0.15) is 11.8 Å². The number of methoxy groups -OCH3 is 1. The molecule has 4 heteroatoms. The van der Waals surface area contributed by atoms with Gasteiger partial charge in [0.05, 0.1) is 13.3 Å². The Kier molecular flexibility index (Phi) is 4.05. The zero-order valence-corrected chi connectivity index (χ0v) is 10.7. The van der Waals surface area contributed by atoms with Crippen molar-refractivity contribution >= 4 is 0 Å². The number of hydrogen-bond acceptors (Lipinski definition) is 3. The summed E-state index contributed by atoms with van der Waals surface area (Å²) in [5.74, 6) is 1.05. The normalized spacial score (nSPS) is 19.9. The molecule has 0 amide bonds. The molecule has 1 aliphatic rings. The molecule has 0 spiro atoms. The standard InChI is InChI=1S/C13H22N2O2/c1-15-12(11(17-2)9-14-15)13(16)10-7-5-3-4-6-8-10/h9-10,13,16H,3-8H2,1-2H3. The Balaban J connectivity index is 2.16. The van der Waals surface area contributed by atoms with Crippen molar-refractivity contribution in [3.05, 3.63) is 11.9 Å². The first-order chi connectivity index (χ1) is 8.24. The summed E-state index contributed by atoms with van der Waals surface area (Å²) >= 11 is 0. The minimum atomic E-state index is -0.449. The van der Waals surface area contributed by atoms with Crippen LogP contribution in [0.3, 0.4) is 0 Å². The van der Waals surface area contributed by atoms with Gasteiger partial charge in [-0.25, -0.2) is 0 Å². The fourth-order valence-electron chi connectivity index (χ4n) is 2.77. The van der Waals surface area contributed by atoms with Gasteiger partial charge in [-0.2, -0.15) is 5.10 Å². The lowest BCUT2D eigenvalue weighted by Gasteiger charge is -2.22. The number of rotatable bonds is 3. The SMILES string of the molecule is COc1cnn(C)c1C(O)C1CCCCCC1. The van der Waals surface area contributed by atoms with Gasteiger partial charge in [-0.1, -0.05) is 25.7 Å². The van der Waals surface area contributed by atoms with Gasteiger partial charge in [0.15, 0.2) is 5.75 Å². The average molecular weight is 238 g/mol. The Morgan fingerprint density at radius 3 is 2.59 bits per heavy atom. The molecule has 1 aromatic heterocycles. The molecule has 1 N–H and O–H groups in total. The van der Waals surface area contributed by atoms with Gasteiger partial charge in [-0.05, 0) is 18.8 Å². The zero-order chi connectivity index (χ0) is 12.3. The van der Waals surface area contributed by atoms with E-state index in [0.717, 1.165) is 18.5 Å². The van der Waals surface area contributed by atoms with Crippen LogP contribution in [-0.2, 0) is 7.05 Å². The first-order valence-electron chi connectivity index (χ1n) is 6.48. The third-order valence-corrected chi connectivity index (χ3v) is 3.80. The molecule has 0 saturated heterocycles. The molecule has 4 nitrogen and oxygen atoms in total. The van der Waals surface area contributed by atoms with Gasteiger partial charge in [0.2, 0.25) is 0 Å². The van der Waals surface area contributed by atoms with E-state index in [0.29, 0.717) is 11.7 Å². The van der Waals surface area contributed by atoms with E-state index < -0.39 is 6.10 Å². The smallest absolute Gasteiger partial charge is 0.162 e. The lowest BCUT2D eigenvalue weighted by Crippen LogP contribution is -2.16. The van der Waals surface area contributed by atoms with Crippen LogP contribution in [0.25, 0.3) is 0 Å². The van der Waals surface area contributed by atoms with E-state index in [1.165, 1.54) is 25.7 Å². The summed E-state index contributed by atoms with van der Waals surface area (Å²) in [4.78, 5) is 0. The van der Waals surface area contributed by atoms with Crippen LogP contribution in [0, 0.1) is 5.92 Å². The number of aryl methyl sites for hydroxylation is 1. The molecule has 1 unspecified atom stereocenters. The number of aliphatic hydroxyl groups excluding tert-OH is 1. The van der Waals surface area contributed by atoms with Crippen LogP contribution in [0.15, 0.2) is 6.20 Å². The third kappa shape index (κ3) is 2.63. The summed E-state index contributed by atoms with van der Waals surface area (Å²) in [7, 11) is 3.48. The average Bonchev–Trinajstić information content (AvgIpc) is 2.56. The molecule has 0 radical (unpaired) electrons. The van der Waals surface area contributed by atoms with E-state index in [1.54, 1.807) is 18.0 Å². The molecule has 1 fully saturated rings. The molecular weight excluding hydrogens is 216 g/mol. The molecule has 1 saturated carbocycles. The summed E-state index contributed by atoms with van der Waals surface area (Å²) < 4.78 is 7.00. The van der Waals surface area contributed by atoms with Crippen molar-refractivity contribution in [1.82, 2.24) is 9.78 Å². The minimum absolute atomic E-state index is 0.349. The second kappa shape index (κ2) is 5.54. The maximum Gasteiger partial charge on any atom is 0.162 e. The Hall–Kier alpha value is -1.03. The highest BCUT2D eigenvalue weighted by atomic mass is 16.5. The molecular formula is C13H22N2O2. The Morgan fingerprint density at radius 1 is 1.35 bits per heavy atom. The van der Waals surface area contributed by atoms with Gasteiger partial charge < -0.3 is 9.84 Å². The summed E-state index contributed by atoms with van der Waals surface area (Å²) in [6, 6.07) is 0. The highest BCUT2D eigenvalue weighted by molar-refractivity contribution is 5.27. The van der Waals surface area contributed by atoms with Gasteiger partial charge in [0, 0.05) is 7.05 Å². The predicted molar refractivity (Wildman–Crippen MR) is 65.9 cm³/mol. The van der Waals surface area contributed by atoms with E-state index in [1.807, 2.05) is 7.05 Å². The Labute approximate surface area is 103 Å². The van der Waals surface area contributed by atoms with E-state index in [2.05, 4.69) is 5.10 Å². The van der Waals surface area contributed by atoms with Crippen molar-refractivity contribution in [2.75, 3.05) is 7.11 Å². The lowest BCUT2D eigenvalue weighted by atomic mass is 9.92.